The van der Waals surface area contributed by atoms with E-state index in [-0.39, 0.29) is 0 Å². The van der Waals surface area contributed by atoms with Gasteiger partial charge in [0.1, 0.15) is 0 Å². The summed E-state index contributed by atoms with van der Waals surface area (Å²) in [4.78, 5) is 4.97. The zero-order chi connectivity index (χ0) is 16.5. The highest BCUT2D eigenvalue weighted by atomic mass is 79.9. The number of aryl methyl sites for hydroxylation is 1. The maximum Gasteiger partial charge on any atom is 0.0599 e. The Kier molecular flexibility index (Phi) is 4.44. The number of rotatable bonds is 5. The van der Waals surface area contributed by atoms with Crippen molar-refractivity contribution in [1.82, 2.24) is 4.98 Å². The van der Waals surface area contributed by atoms with E-state index in [9.17, 15) is 0 Å². The number of nitrogens with one attached hydrogen (secondary N) is 1. The molecule has 2 aromatic carbocycles. The smallest absolute Gasteiger partial charge is 0.0599 e. The van der Waals surface area contributed by atoms with E-state index >= 15 is 0 Å². The Balaban J connectivity index is 1.87. The minimum atomic E-state index is 0.754. The third-order valence-corrected chi connectivity index (χ3v) is 6.05. The van der Waals surface area contributed by atoms with E-state index < -0.39 is 0 Å². The normalized spacial score (nSPS) is 11.6. The fourth-order valence-corrected chi connectivity index (χ4v) is 4.69. The van der Waals surface area contributed by atoms with Gasteiger partial charge in [-0.1, -0.05) is 34.1 Å². The van der Waals surface area contributed by atoms with E-state index in [1.807, 2.05) is 11.3 Å². The Bertz CT molecular complexity index is 966. The van der Waals surface area contributed by atoms with Gasteiger partial charge in [-0.05, 0) is 67.1 Å². The predicted octanol–water partition coefficient (Wildman–Crippen LogP) is 6.09. The van der Waals surface area contributed by atoms with Crippen molar-refractivity contribution in [1.29, 1.82) is 0 Å². The molecule has 4 aromatic rings. The molecule has 0 saturated heterocycles. The zero-order valence-electron chi connectivity index (χ0n) is 13.3. The maximum absolute atomic E-state index is 5.69. The minimum absolute atomic E-state index is 0.754. The van der Waals surface area contributed by atoms with Crippen LogP contribution in [0, 0.1) is 0 Å². The number of hydrogen-bond donors (Lipinski definition) is 2. The quantitative estimate of drug-likeness (QED) is 0.392. The van der Waals surface area contributed by atoms with Gasteiger partial charge in [0.15, 0.2) is 0 Å². The Morgan fingerprint density at radius 3 is 2.75 bits per heavy atom. The van der Waals surface area contributed by atoms with E-state index in [2.05, 4.69) is 69.4 Å². The van der Waals surface area contributed by atoms with Gasteiger partial charge in [-0.25, -0.2) is 0 Å². The van der Waals surface area contributed by atoms with E-state index in [4.69, 9.17) is 5.73 Å². The number of benzene rings is 2. The average Bonchev–Trinajstić information content (AvgIpc) is 3.16. The first-order valence-corrected chi connectivity index (χ1v) is 9.86. The molecule has 0 bridgehead atoms. The lowest BCUT2D eigenvalue weighted by Gasteiger charge is -2.03. The minimum Gasteiger partial charge on any atom is -0.354 e. The Hall–Kier alpha value is -1.62. The first-order valence-electron chi connectivity index (χ1n) is 8.25. The molecule has 0 radical (unpaired) electrons. The third-order valence-electron chi connectivity index (χ3n) is 4.42. The molecule has 2 heterocycles. The van der Waals surface area contributed by atoms with Crippen LogP contribution in [0.15, 0.2) is 53.0 Å². The summed E-state index contributed by atoms with van der Waals surface area (Å²) in [6, 6.07) is 17.3. The summed E-state index contributed by atoms with van der Waals surface area (Å²) in [7, 11) is 0. The van der Waals surface area contributed by atoms with Crippen LogP contribution in [0.4, 0.5) is 0 Å². The zero-order valence-corrected chi connectivity index (χ0v) is 15.7. The topological polar surface area (TPSA) is 41.8 Å². The molecule has 3 N–H and O–H groups in total. The number of unbranched alkanes of at least 4 members (excludes halogenated alkanes) is 1. The van der Waals surface area contributed by atoms with Crippen LogP contribution in [0.2, 0.25) is 0 Å². The van der Waals surface area contributed by atoms with Crippen LogP contribution in [-0.2, 0) is 6.42 Å². The van der Waals surface area contributed by atoms with Crippen molar-refractivity contribution in [3.8, 4) is 10.6 Å². The van der Waals surface area contributed by atoms with Gasteiger partial charge in [-0.3, -0.25) is 0 Å². The van der Waals surface area contributed by atoms with Crippen molar-refractivity contribution in [2.45, 2.75) is 19.3 Å². The van der Waals surface area contributed by atoms with Crippen molar-refractivity contribution >= 4 is 48.3 Å². The highest BCUT2D eigenvalue weighted by molar-refractivity contribution is 9.10. The monoisotopic (exact) mass is 398 g/mol. The SMILES string of the molecule is NCCCCc1c(-c2cc3ccccc3s2)[nH]c2ccc(Br)cc12. The standard InChI is InChI=1S/C20H19BrN2S/c21-14-8-9-17-16(12-14)15(6-3-4-10-22)20(23-17)19-11-13-5-1-2-7-18(13)24-19/h1-2,5,7-9,11-12,23H,3-4,6,10,22H2. The van der Waals surface area contributed by atoms with Crippen LogP contribution >= 0.6 is 27.3 Å². The summed E-state index contributed by atoms with van der Waals surface area (Å²) in [5.41, 5.74) is 9.57. The van der Waals surface area contributed by atoms with Gasteiger partial charge in [-0.2, -0.15) is 0 Å². The van der Waals surface area contributed by atoms with Gasteiger partial charge in [0.2, 0.25) is 0 Å². The molecule has 2 nitrogen and oxygen atoms in total. The number of aromatic amines is 1. The van der Waals surface area contributed by atoms with Gasteiger partial charge < -0.3 is 10.7 Å². The van der Waals surface area contributed by atoms with Crippen LogP contribution in [0.25, 0.3) is 31.6 Å². The molecule has 0 aliphatic heterocycles. The third kappa shape index (κ3) is 2.90. The lowest BCUT2D eigenvalue weighted by Crippen LogP contribution is -1.99. The van der Waals surface area contributed by atoms with E-state index in [0.717, 1.165) is 30.3 Å². The molecular weight excluding hydrogens is 380 g/mol. The average molecular weight is 399 g/mol. The fourth-order valence-electron chi connectivity index (χ4n) is 3.24. The van der Waals surface area contributed by atoms with Crippen LogP contribution in [0.3, 0.4) is 0 Å². The lowest BCUT2D eigenvalue weighted by atomic mass is 10.0. The van der Waals surface area contributed by atoms with Crippen molar-refractivity contribution in [3.05, 3.63) is 58.6 Å². The maximum atomic E-state index is 5.69. The van der Waals surface area contributed by atoms with Crippen molar-refractivity contribution in [2.75, 3.05) is 6.54 Å². The highest BCUT2D eigenvalue weighted by Gasteiger charge is 2.15. The Morgan fingerprint density at radius 1 is 1.04 bits per heavy atom. The molecule has 0 aliphatic carbocycles. The molecule has 122 valence electrons. The summed E-state index contributed by atoms with van der Waals surface area (Å²) in [6.45, 7) is 0.754. The van der Waals surface area contributed by atoms with Crippen molar-refractivity contribution < 1.29 is 0 Å². The van der Waals surface area contributed by atoms with Gasteiger partial charge >= 0.3 is 0 Å². The second kappa shape index (κ2) is 6.71. The number of nitrogens with two attached hydrogens (primary N) is 1. The van der Waals surface area contributed by atoms with Crippen LogP contribution < -0.4 is 5.73 Å². The number of thiophene rings is 1. The first-order chi connectivity index (χ1) is 11.8. The number of H-pyrrole nitrogens is 1. The van der Waals surface area contributed by atoms with Gasteiger partial charge in [-0.15, -0.1) is 11.3 Å². The molecular formula is C20H19BrN2S. The molecule has 0 amide bonds. The summed E-state index contributed by atoms with van der Waals surface area (Å²) >= 11 is 5.47. The second-order valence-electron chi connectivity index (χ2n) is 6.06. The molecule has 4 rings (SSSR count). The first kappa shape index (κ1) is 15.9. The predicted molar refractivity (Wildman–Crippen MR) is 109 cm³/mol. The Labute approximate surface area is 153 Å². The van der Waals surface area contributed by atoms with Crippen LogP contribution in [0.1, 0.15) is 18.4 Å². The van der Waals surface area contributed by atoms with Crippen molar-refractivity contribution in [3.63, 3.8) is 0 Å². The summed E-state index contributed by atoms with van der Waals surface area (Å²) in [5, 5.41) is 2.62. The largest absolute Gasteiger partial charge is 0.354 e. The number of aromatic nitrogens is 1. The summed E-state index contributed by atoms with van der Waals surface area (Å²) in [5.74, 6) is 0. The van der Waals surface area contributed by atoms with Gasteiger partial charge in [0, 0.05) is 20.1 Å². The molecule has 4 heteroatoms. The molecule has 0 spiro atoms. The second-order valence-corrected chi connectivity index (χ2v) is 8.06. The molecule has 0 atom stereocenters. The molecule has 0 fully saturated rings. The number of halogens is 1. The van der Waals surface area contributed by atoms with Crippen molar-refractivity contribution in [2.24, 2.45) is 5.73 Å². The van der Waals surface area contributed by atoms with E-state index in [0.29, 0.717) is 0 Å². The Morgan fingerprint density at radius 2 is 1.92 bits per heavy atom. The summed E-state index contributed by atoms with van der Waals surface area (Å²) < 4.78 is 2.46. The number of fused-ring (bicyclic) bond motifs is 2. The van der Waals surface area contributed by atoms with Crippen LogP contribution in [-0.4, -0.2) is 11.5 Å². The van der Waals surface area contributed by atoms with E-state index in [1.165, 1.54) is 37.1 Å². The molecule has 0 unspecified atom stereocenters. The number of hydrogen-bond acceptors (Lipinski definition) is 2. The molecule has 0 saturated carbocycles. The molecule has 24 heavy (non-hydrogen) atoms. The van der Waals surface area contributed by atoms with E-state index in [1.54, 1.807) is 0 Å². The van der Waals surface area contributed by atoms with Gasteiger partial charge in [0.05, 0.1) is 10.6 Å². The molecule has 2 aromatic heterocycles. The highest BCUT2D eigenvalue weighted by Crippen LogP contribution is 2.38. The van der Waals surface area contributed by atoms with Gasteiger partial charge in [0.25, 0.3) is 0 Å². The molecule has 0 aliphatic rings. The fraction of sp³-hybridized carbons (Fsp3) is 0.200. The summed E-state index contributed by atoms with van der Waals surface area (Å²) in [6.07, 6.45) is 3.23. The lowest BCUT2D eigenvalue weighted by molar-refractivity contribution is 0.748. The van der Waals surface area contributed by atoms with Crippen LogP contribution in [0.5, 0.6) is 0 Å².